The molecule has 4 rings (SSSR count). The van der Waals surface area contributed by atoms with E-state index in [1.807, 2.05) is 44.2 Å². The maximum absolute atomic E-state index is 12.7. The fraction of sp³-hybridized carbons (Fsp3) is 0.200. The molecule has 0 fully saturated rings. The van der Waals surface area contributed by atoms with E-state index in [1.54, 1.807) is 6.20 Å². The van der Waals surface area contributed by atoms with Crippen molar-refractivity contribution in [2.24, 2.45) is 0 Å². The lowest BCUT2D eigenvalue weighted by atomic mass is 10.2. The second kappa shape index (κ2) is 6.92. The quantitative estimate of drug-likeness (QED) is 0.588. The molecular formula is C20H18N4O2S. The molecule has 1 amide bonds. The second-order valence-electron chi connectivity index (χ2n) is 6.42. The van der Waals surface area contributed by atoms with Gasteiger partial charge in [-0.2, -0.15) is 0 Å². The van der Waals surface area contributed by atoms with Gasteiger partial charge in [0.2, 0.25) is 5.91 Å². The molecular weight excluding hydrogens is 360 g/mol. The molecule has 6 nitrogen and oxygen atoms in total. The molecule has 0 bridgehead atoms. The Morgan fingerprint density at radius 3 is 2.89 bits per heavy atom. The van der Waals surface area contributed by atoms with Gasteiger partial charge < -0.3 is 5.32 Å². The van der Waals surface area contributed by atoms with Gasteiger partial charge in [-0.05, 0) is 31.5 Å². The van der Waals surface area contributed by atoms with E-state index in [1.165, 1.54) is 22.2 Å². The highest BCUT2D eigenvalue weighted by Gasteiger charge is 2.13. The Morgan fingerprint density at radius 2 is 2.04 bits per heavy atom. The SMILES string of the molecule is Cc1sc2ncn(CCC(=O)Nc3cnc4ccccc4c3)c(=O)c2c1C. The maximum atomic E-state index is 12.7. The van der Waals surface area contributed by atoms with E-state index in [-0.39, 0.29) is 24.4 Å². The molecule has 0 spiro atoms. The van der Waals surface area contributed by atoms with Crippen molar-refractivity contribution in [3.8, 4) is 0 Å². The molecule has 4 aromatic rings. The average Bonchev–Trinajstić information content (AvgIpc) is 2.96. The summed E-state index contributed by atoms with van der Waals surface area (Å²) < 4.78 is 1.50. The van der Waals surface area contributed by atoms with Gasteiger partial charge in [0.25, 0.3) is 5.56 Å². The normalized spacial score (nSPS) is 11.2. The first-order valence-electron chi connectivity index (χ1n) is 8.63. The molecule has 0 aliphatic rings. The smallest absolute Gasteiger partial charge is 0.262 e. The second-order valence-corrected chi connectivity index (χ2v) is 7.62. The van der Waals surface area contributed by atoms with Gasteiger partial charge in [0.1, 0.15) is 4.83 Å². The standard InChI is InChI=1S/C20H18N4O2S/c1-12-13(2)27-19-18(12)20(26)24(11-22-19)8-7-17(25)23-15-9-14-5-3-4-6-16(14)21-10-15/h3-6,9-11H,7-8H2,1-2H3,(H,23,25). The summed E-state index contributed by atoms with van der Waals surface area (Å²) in [5, 5.41) is 4.46. The highest BCUT2D eigenvalue weighted by atomic mass is 32.1. The van der Waals surface area contributed by atoms with E-state index in [4.69, 9.17) is 0 Å². The monoisotopic (exact) mass is 378 g/mol. The van der Waals surface area contributed by atoms with E-state index in [0.717, 1.165) is 26.2 Å². The average molecular weight is 378 g/mol. The Labute approximate surface area is 159 Å². The lowest BCUT2D eigenvalue weighted by Gasteiger charge is -2.08. The highest BCUT2D eigenvalue weighted by molar-refractivity contribution is 7.18. The predicted molar refractivity (Wildman–Crippen MR) is 108 cm³/mol. The summed E-state index contributed by atoms with van der Waals surface area (Å²) in [6, 6.07) is 9.61. The van der Waals surface area contributed by atoms with Crippen LogP contribution in [0.5, 0.6) is 0 Å². The third-order valence-corrected chi connectivity index (χ3v) is 5.73. The number of para-hydroxylation sites is 1. The number of carbonyl (C=O) groups is 1. The Morgan fingerprint density at radius 1 is 1.22 bits per heavy atom. The molecule has 0 unspecified atom stereocenters. The summed E-state index contributed by atoms with van der Waals surface area (Å²) in [6.07, 6.45) is 3.34. The molecule has 0 aliphatic carbocycles. The first-order valence-corrected chi connectivity index (χ1v) is 9.44. The summed E-state index contributed by atoms with van der Waals surface area (Å²) in [4.78, 5) is 35.5. The zero-order valence-electron chi connectivity index (χ0n) is 15.0. The molecule has 0 aliphatic heterocycles. The topological polar surface area (TPSA) is 76.9 Å². The van der Waals surface area contributed by atoms with Crippen molar-refractivity contribution in [2.75, 3.05) is 5.32 Å². The number of amides is 1. The van der Waals surface area contributed by atoms with Gasteiger partial charge in [-0.15, -0.1) is 11.3 Å². The number of hydrogen-bond donors (Lipinski definition) is 1. The van der Waals surface area contributed by atoms with Crippen LogP contribution in [0.25, 0.3) is 21.1 Å². The van der Waals surface area contributed by atoms with Gasteiger partial charge in [0.05, 0.1) is 29.1 Å². The van der Waals surface area contributed by atoms with Crippen LogP contribution in [0.2, 0.25) is 0 Å². The fourth-order valence-corrected chi connectivity index (χ4v) is 4.00. The number of hydrogen-bond acceptors (Lipinski definition) is 5. The molecule has 1 N–H and O–H groups in total. The van der Waals surface area contributed by atoms with E-state index < -0.39 is 0 Å². The summed E-state index contributed by atoms with van der Waals surface area (Å²) in [6.45, 7) is 4.19. The number of aryl methyl sites for hydroxylation is 3. The lowest BCUT2D eigenvalue weighted by molar-refractivity contribution is -0.116. The minimum atomic E-state index is -0.169. The zero-order valence-corrected chi connectivity index (χ0v) is 15.8. The minimum absolute atomic E-state index is 0.0954. The molecule has 0 atom stereocenters. The van der Waals surface area contributed by atoms with Crippen LogP contribution >= 0.6 is 11.3 Å². The number of nitrogens with zero attached hydrogens (tertiary/aromatic N) is 3. The third-order valence-electron chi connectivity index (χ3n) is 4.61. The van der Waals surface area contributed by atoms with Crippen LogP contribution in [-0.4, -0.2) is 20.4 Å². The first kappa shape index (κ1) is 17.4. The van der Waals surface area contributed by atoms with E-state index in [0.29, 0.717) is 11.1 Å². The lowest BCUT2D eigenvalue weighted by Crippen LogP contribution is -2.23. The van der Waals surface area contributed by atoms with Gasteiger partial charge >= 0.3 is 0 Å². The van der Waals surface area contributed by atoms with E-state index in [9.17, 15) is 9.59 Å². The van der Waals surface area contributed by atoms with E-state index in [2.05, 4.69) is 15.3 Å². The van der Waals surface area contributed by atoms with Crippen molar-refractivity contribution >= 4 is 44.1 Å². The van der Waals surface area contributed by atoms with Crippen molar-refractivity contribution in [2.45, 2.75) is 26.8 Å². The minimum Gasteiger partial charge on any atom is -0.325 e. The first-order chi connectivity index (χ1) is 13.0. The fourth-order valence-electron chi connectivity index (χ4n) is 3.01. The summed E-state index contributed by atoms with van der Waals surface area (Å²) in [7, 11) is 0. The molecule has 136 valence electrons. The van der Waals surface area contributed by atoms with Crippen molar-refractivity contribution in [1.29, 1.82) is 0 Å². The van der Waals surface area contributed by atoms with Gasteiger partial charge in [-0.1, -0.05) is 18.2 Å². The number of fused-ring (bicyclic) bond motifs is 2. The van der Waals surface area contributed by atoms with Gasteiger partial charge in [-0.3, -0.25) is 19.1 Å². The highest BCUT2D eigenvalue weighted by Crippen LogP contribution is 2.25. The van der Waals surface area contributed by atoms with Crippen molar-refractivity contribution in [3.05, 3.63) is 63.7 Å². The van der Waals surface area contributed by atoms with Gasteiger partial charge in [0.15, 0.2) is 0 Å². The van der Waals surface area contributed by atoms with E-state index >= 15 is 0 Å². The number of nitrogens with one attached hydrogen (secondary N) is 1. The van der Waals surface area contributed by atoms with Crippen LogP contribution in [-0.2, 0) is 11.3 Å². The number of carbonyl (C=O) groups excluding carboxylic acids is 1. The van der Waals surface area contributed by atoms with Crippen LogP contribution < -0.4 is 10.9 Å². The zero-order chi connectivity index (χ0) is 19.0. The molecule has 7 heteroatoms. The molecule has 0 saturated heterocycles. The largest absolute Gasteiger partial charge is 0.325 e. The number of benzene rings is 1. The van der Waals surface area contributed by atoms with Crippen LogP contribution in [0, 0.1) is 13.8 Å². The third kappa shape index (κ3) is 3.33. The number of pyridine rings is 1. The van der Waals surface area contributed by atoms with Crippen molar-refractivity contribution in [1.82, 2.24) is 14.5 Å². The predicted octanol–water partition coefficient (Wildman–Crippen LogP) is 3.65. The Hall–Kier alpha value is -3.06. The number of aromatic nitrogens is 3. The molecule has 0 saturated carbocycles. The molecule has 3 heterocycles. The number of thiophene rings is 1. The number of anilines is 1. The van der Waals surface area contributed by atoms with Crippen LogP contribution in [0.4, 0.5) is 5.69 Å². The van der Waals surface area contributed by atoms with Crippen molar-refractivity contribution < 1.29 is 4.79 Å². The Bertz CT molecular complexity index is 1230. The van der Waals surface area contributed by atoms with Gasteiger partial charge in [-0.25, -0.2) is 4.98 Å². The summed E-state index contributed by atoms with van der Waals surface area (Å²) in [5.41, 5.74) is 2.39. The molecule has 27 heavy (non-hydrogen) atoms. The molecule has 1 aromatic carbocycles. The summed E-state index contributed by atoms with van der Waals surface area (Å²) >= 11 is 1.52. The summed E-state index contributed by atoms with van der Waals surface area (Å²) in [5.74, 6) is -0.169. The Kier molecular flexibility index (Phi) is 4.45. The maximum Gasteiger partial charge on any atom is 0.262 e. The Balaban J connectivity index is 1.48. The van der Waals surface area contributed by atoms with Crippen LogP contribution in [0.1, 0.15) is 16.9 Å². The van der Waals surface area contributed by atoms with Gasteiger partial charge in [0, 0.05) is 23.2 Å². The van der Waals surface area contributed by atoms with Crippen LogP contribution in [0.3, 0.4) is 0 Å². The van der Waals surface area contributed by atoms with Crippen molar-refractivity contribution in [3.63, 3.8) is 0 Å². The molecule has 3 aromatic heterocycles. The van der Waals surface area contributed by atoms with Crippen LogP contribution in [0.15, 0.2) is 47.7 Å². The number of rotatable bonds is 4. The molecule has 0 radical (unpaired) electrons.